The molecule has 0 saturated carbocycles. The lowest BCUT2D eigenvalue weighted by Crippen LogP contribution is -2.20. The average Bonchev–Trinajstić information content (AvgIpc) is 3.00. The minimum Gasteiger partial charge on any atom is -0.483 e. The Balaban J connectivity index is 1.96. The second kappa shape index (κ2) is 9.15. The Kier molecular flexibility index (Phi) is 7.20. The van der Waals surface area contributed by atoms with Gasteiger partial charge in [-0.05, 0) is 42.5 Å². The number of hydrogen-bond acceptors (Lipinski definition) is 5. The van der Waals surface area contributed by atoms with Crippen LogP contribution in [0.5, 0.6) is 5.75 Å². The summed E-state index contributed by atoms with van der Waals surface area (Å²) in [4.78, 5) is 12.1. The van der Waals surface area contributed by atoms with E-state index in [1.165, 1.54) is 11.3 Å². The number of anilines is 1. The molecule has 0 unspecified atom stereocenters. The maximum atomic E-state index is 12.1. The lowest BCUT2D eigenvalue weighted by atomic mass is 10.0. The van der Waals surface area contributed by atoms with Crippen molar-refractivity contribution in [3.8, 4) is 5.75 Å². The Bertz CT molecular complexity index is 731. The largest absolute Gasteiger partial charge is 0.483 e. The van der Waals surface area contributed by atoms with Crippen LogP contribution in [0.25, 0.3) is 0 Å². The maximum Gasteiger partial charge on any atom is 0.264 e. The van der Waals surface area contributed by atoms with Gasteiger partial charge in [-0.3, -0.25) is 10.1 Å². The molecule has 0 radical (unpaired) electrons. The molecular formula is C18H24ClN3O2S. The van der Waals surface area contributed by atoms with E-state index in [0.717, 1.165) is 35.4 Å². The Morgan fingerprint density at radius 1 is 1.36 bits per heavy atom. The SMILES string of the molecule is CCCCc1nnc(NC(=O)COc2cc(C)c(Cl)cc2C(C)C)s1. The van der Waals surface area contributed by atoms with Crippen molar-refractivity contribution in [2.45, 2.75) is 52.9 Å². The zero-order valence-electron chi connectivity index (χ0n) is 15.1. The molecule has 1 amide bonds. The third-order valence-corrected chi connectivity index (χ3v) is 5.03. The summed E-state index contributed by atoms with van der Waals surface area (Å²) >= 11 is 7.60. The van der Waals surface area contributed by atoms with E-state index < -0.39 is 0 Å². The maximum absolute atomic E-state index is 12.1. The molecule has 0 fully saturated rings. The van der Waals surface area contributed by atoms with Crippen LogP contribution in [0.3, 0.4) is 0 Å². The summed E-state index contributed by atoms with van der Waals surface area (Å²) in [7, 11) is 0. The number of rotatable bonds is 8. The van der Waals surface area contributed by atoms with Crippen molar-refractivity contribution in [3.05, 3.63) is 33.3 Å². The number of halogens is 1. The van der Waals surface area contributed by atoms with Crippen molar-refractivity contribution >= 4 is 34.0 Å². The number of aromatic nitrogens is 2. The van der Waals surface area contributed by atoms with Crippen molar-refractivity contribution in [1.29, 1.82) is 0 Å². The van der Waals surface area contributed by atoms with E-state index in [4.69, 9.17) is 16.3 Å². The normalized spacial score (nSPS) is 11.0. The van der Waals surface area contributed by atoms with E-state index in [1.54, 1.807) is 0 Å². The van der Waals surface area contributed by atoms with Crippen molar-refractivity contribution in [3.63, 3.8) is 0 Å². The summed E-state index contributed by atoms with van der Waals surface area (Å²) in [6.45, 7) is 8.09. The highest BCUT2D eigenvalue weighted by atomic mass is 35.5. The second-order valence-corrected chi connectivity index (χ2v) is 7.70. The molecule has 2 aromatic rings. The van der Waals surface area contributed by atoms with Crippen LogP contribution in [0.1, 0.15) is 55.7 Å². The van der Waals surface area contributed by atoms with E-state index in [2.05, 4.69) is 36.3 Å². The molecular weight excluding hydrogens is 358 g/mol. The average molecular weight is 382 g/mol. The predicted octanol–water partition coefficient (Wildman–Crippen LogP) is 4.98. The van der Waals surface area contributed by atoms with Crippen LogP contribution in [0, 0.1) is 6.92 Å². The van der Waals surface area contributed by atoms with E-state index in [-0.39, 0.29) is 18.4 Å². The summed E-state index contributed by atoms with van der Waals surface area (Å²) in [5.41, 5.74) is 1.91. The highest BCUT2D eigenvalue weighted by Crippen LogP contribution is 2.32. The highest BCUT2D eigenvalue weighted by molar-refractivity contribution is 7.15. The number of carbonyl (C=O) groups excluding carboxylic acids is 1. The first-order valence-electron chi connectivity index (χ1n) is 8.45. The molecule has 0 aliphatic heterocycles. The molecule has 7 heteroatoms. The molecule has 1 aromatic heterocycles. The first kappa shape index (κ1) is 19.7. The third-order valence-electron chi connectivity index (χ3n) is 3.73. The number of aryl methyl sites for hydroxylation is 2. The zero-order chi connectivity index (χ0) is 18.4. The van der Waals surface area contributed by atoms with Gasteiger partial charge in [0.1, 0.15) is 10.8 Å². The molecule has 2 rings (SSSR count). The molecule has 5 nitrogen and oxygen atoms in total. The van der Waals surface area contributed by atoms with Crippen LogP contribution in [-0.4, -0.2) is 22.7 Å². The van der Waals surface area contributed by atoms with Gasteiger partial charge in [-0.15, -0.1) is 10.2 Å². The van der Waals surface area contributed by atoms with Crippen molar-refractivity contribution in [2.24, 2.45) is 0 Å². The third kappa shape index (κ3) is 5.68. The first-order valence-corrected chi connectivity index (χ1v) is 9.65. The Morgan fingerprint density at radius 2 is 2.12 bits per heavy atom. The Labute approximate surface area is 157 Å². The van der Waals surface area contributed by atoms with Gasteiger partial charge < -0.3 is 4.74 Å². The fourth-order valence-electron chi connectivity index (χ4n) is 2.28. The summed E-state index contributed by atoms with van der Waals surface area (Å²) in [6.07, 6.45) is 3.07. The van der Waals surface area contributed by atoms with Crippen LogP contribution >= 0.6 is 22.9 Å². The number of carbonyl (C=O) groups is 1. The summed E-state index contributed by atoms with van der Waals surface area (Å²) in [5, 5.41) is 13.0. The summed E-state index contributed by atoms with van der Waals surface area (Å²) in [6, 6.07) is 3.78. The lowest BCUT2D eigenvalue weighted by Gasteiger charge is -2.15. The van der Waals surface area contributed by atoms with Gasteiger partial charge in [0.05, 0.1) is 0 Å². The summed E-state index contributed by atoms with van der Waals surface area (Å²) in [5.74, 6) is 0.689. The number of hydrogen-bond donors (Lipinski definition) is 1. The fourth-order valence-corrected chi connectivity index (χ4v) is 3.25. The van der Waals surface area contributed by atoms with Crippen molar-refractivity contribution in [2.75, 3.05) is 11.9 Å². The minimum absolute atomic E-state index is 0.0787. The number of nitrogens with one attached hydrogen (secondary N) is 1. The van der Waals surface area contributed by atoms with Gasteiger partial charge in [-0.25, -0.2) is 0 Å². The van der Waals surface area contributed by atoms with Crippen LogP contribution in [0.2, 0.25) is 5.02 Å². The number of nitrogens with zero attached hydrogens (tertiary/aromatic N) is 2. The first-order chi connectivity index (χ1) is 11.9. The fraction of sp³-hybridized carbons (Fsp3) is 0.500. The van der Waals surface area contributed by atoms with Gasteiger partial charge in [0.15, 0.2) is 6.61 Å². The zero-order valence-corrected chi connectivity index (χ0v) is 16.6. The van der Waals surface area contributed by atoms with Gasteiger partial charge in [-0.2, -0.15) is 0 Å². The quantitative estimate of drug-likeness (QED) is 0.700. The molecule has 0 saturated heterocycles. The van der Waals surface area contributed by atoms with E-state index in [0.29, 0.717) is 15.9 Å². The monoisotopic (exact) mass is 381 g/mol. The second-order valence-electron chi connectivity index (χ2n) is 6.24. The molecule has 136 valence electrons. The molecule has 1 aromatic carbocycles. The predicted molar refractivity (Wildman–Crippen MR) is 103 cm³/mol. The van der Waals surface area contributed by atoms with Crippen LogP contribution in [0.15, 0.2) is 12.1 Å². The summed E-state index contributed by atoms with van der Waals surface area (Å²) < 4.78 is 5.73. The highest BCUT2D eigenvalue weighted by Gasteiger charge is 2.14. The standard InChI is InChI=1S/C18H24ClN3O2S/c1-5-6-7-17-21-22-18(25-17)20-16(23)10-24-15-8-12(4)14(19)9-13(15)11(2)3/h8-9,11H,5-7,10H2,1-4H3,(H,20,22,23). The molecule has 1 heterocycles. The van der Waals surface area contributed by atoms with Gasteiger partial charge in [0.25, 0.3) is 5.91 Å². The number of ether oxygens (including phenoxy) is 1. The Hall–Kier alpha value is -1.66. The van der Waals surface area contributed by atoms with Gasteiger partial charge in [0.2, 0.25) is 5.13 Å². The lowest BCUT2D eigenvalue weighted by molar-refractivity contribution is -0.118. The van der Waals surface area contributed by atoms with Crippen LogP contribution in [0.4, 0.5) is 5.13 Å². The molecule has 0 atom stereocenters. The topological polar surface area (TPSA) is 64.1 Å². The molecule has 0 spiro atoms. The molecule has 25 heavy (non-hydrogen) atoms. The van der Waals surface area contributed by atoms with Crippen molar-refractivity contribution < 1.29 is 9.53 Å². The van der Waals surface area contributed by atoms with Crippen LogP contribution < -0.4 is 10.1 Å². The number of amides is 1. The molecule has 1 N–H and O–H groups in total. The van der Waals surface area contributed by atoms with Crippen LogP contribution in [-0.2, 0) is 11.2 Å². The van der Waals surface area contributed by atoms with E-state index in [1.807, 2.05) is 19.1 Å². The van der Waals surface area contributed by atoms with Gasteiger partial charge in [0, 0.05) is 11.4 Å². The molecule has 0 aliphatic rings. The minimum atomic E-state index is -0.250. The van der Waals surface area contributed by atoms with E-state index >= 15 is 0 Å². The molecule has 0 bridgehead atoms. The molecule has 0 aliphatic carbocycles. The van der Waals surface area contributed by atoms with Gasteiger partial charge >= 0.3 is 0 Å². The number of unbranched alkanes of at least 4 members (excludes halogenated alkanes) is 1. The smallest absolute Gasteiger partial charge is 0.264 e. The van der Waals surface area contributed by atoms with Gasteiger partial charge in [-0.1, -0.05) is 50.1 Å². The van der Waals surface area contributed by atoms with E-state index in [9.17, 15) is 4.79 Å². The Morgan fingerprint density at radius 3 is 2.80 bits per heavy atom. The van der Waals surface area contributed by atoms with Crippen molar-refractivity contribution in [1.82, 2.24) is 10.2 Å². The number of benzene rings is 1.